The Kier molecular flexibility index (Phi) is 1.76. The van der Waals surface area contributed by atoms with Gasteiger partial charge in [-0.15, -0.1) is 0 Å². The summed E-state index contributed by atoms with van der Waals surface area (Å²) in [6.45, 7) is 7.14. The lowest BCUT2D eigenvalue weighted by atomic mass is 9.77. The summed E-state index contributed by atoms with van der Waals surface area (Å²) >= 11 is 0. The van der Waals surface area contributed by atoms with Crippen LogP contribution < -0.4 is 5.32 Å². The Morgan fingerprint density at radius 2 is 1.67 bits per heavy atom. The van der Waals surface area contributed by atoms with Gasteiger partial charge in [0, 0.05) is 11.6 Å². The van der Waals surface area contributed by atoms with E-state index >= 15 is 0 Å². The molecule has 0 aromatic heterocycles. The Bertz CT molecular complexity index is 177. The van der Waals surface area contributed by atoms with E-state index in [1.54, 1.807) is 0 Å². The molecular formula is C11H21N. The molecular weight excluding hydrogens is 146 g/mol. The second-order valence-electron chi connectivity index (χ2n) is 5.43. The first-order chi connectivity index (χ1) is 5.54. The molecule has 1 heteroatoms. The maximum absolute atomic E-state index is 3.80. The zero-order valence-electron chi connectivity index (χ0n) is 8.61. The smallest absolute Gasteiger partial charge is 0.0156 e. The van der Waals surface area contributed by atoms with Gasteiger partial charge in [-0.25, -0.2) is 0 Å². The van der Waals surface area contributed by atoms with Crippen molar-refractivity contribution < 1.29 is 0 Å². The Morgan fingerprint density at radius 1 is 1.08 bits per heavy atom. The van der Waals surface area contributed by atoms with Gasteiger partial charge < -0.3 is 5.32 Å². The third-order valence-electron chi connectivity index (χ3n) is 4.11. The Labute approximate surface area is 75.9 Å². The van der Waals surface area contributed by atoms with E-state index in [1.165, 1.54) is 32.1 Å². The van der Waals surface area contributed by atoms with Crippen LogP contribution in [0.25, 0.3) is 0 Å². The van der Waals surface area contributed by atoms with Gasteiger partial charge in [0.1, 0.15) is 0 Å². The SMILES string of the molecule is CC(NC1(C)CCC1)C1(C)CC1. The molecule has 0 saturated heterocycles. The minimum absolute atomic E-state index is 0.491. The first-order valence-corrected chi connectivity index (χ1v) is 5.32. The Balaban J connectivity index is 1.85. The van der Waals surface area contributed by atoms with E-state index in [1.807, 2.05) is 0 Å². The Morgan fingerprint density at radius 3 is 2.00 bits per heavy atom. The molecule has 0 spiro atoms. The lowest BCUT2D eigenvalue weighted by Crippen LogP contribution is -2.54. The number of hydrogen-bond acceptors (Lipinski definition) is 1. The van der Waals surface area contributed by atoms with E-state index in [4.69, 9.17) is 0 Å². The van der Waals surface area contributed by atoms with Crippen LogP contribution in [-0.2, 0) is 0 Å². The van der Waals surface area contributed by atoms with Gasteiger partial charge in [-0.1, -0.05) is 6.92 Å². The molecule has 12 heavy (non-hydrogen) atoms. The third kappa shape index (κ3) is 1.39. The number of hydrogen-bond donors (Lipinski definition) is 1. The van der Waals surface area contributed by atoms with Crippen molar-refractivity contribution in [1.29, 1.82) is 0 Å². The van der Waals surface area contributed by atoms with Crippen LogP contribution in [0.5, 0.6) is 0 Å². The van der Waals surface area contributed by atoms with Crippen LogP contribution in [0.4, 0.5) is 0 Å². The molecule has 1 atom stereocenters. The number of nitrogens with one attached hydrogen (secondary N) is 1. The maximum Gasteiger partial charge on any atom is 0.0156 e. The zero-order valence-corrected chi connectivity index (χ0v) is 8.61. The summed E-state index contributed by atoms with van der Waals surface area (Å²) in [4.78, 5) is 0. The van der Waals surface area contributed by atoms with Gasteiger partial charge in [-0.3, -0.25) is 0 Å². The van der Waals surface area contributed by atoms with Crippen molar-refractivity contribution in [3.8, 4) is 0 Å². The van der Waals surface area contributed by atoms with Crippen LogP contribution in [-0.4, -0.2) is 11.6 Å². The average Bonchev–Trinajstić information content (AvgIpc) is 2.66. The summed E-state index contributed by atoms with van der Waals surface area (Å²) < 4.78 is 0. The molecule has 0 radical (unpaired) electrons. The van der Waals surface area contributed by atoms with Gasteiger partial charge in [0.05, 0.1) is 0 Å². The third-order valence-corrected chi connectivity index (χ3v) is 4.11. The van der Waals surface area contributed by atoms with Gasteiger partial charge in [-0.05, 0) is 51.4 Å². The predicted octanol–water partition coefficient (Wildman–Crippen LogP) is 2.71. The predicted molar refractivity (Wildman–Crippen MR) is 52.2 cm³/mol. The molecule has 0 amide bonds. The first-order valence-electron chi connectivity index (χ1n) is 5.32. The van der Waals surface area contributed by atoms with E-state index < -0.39 is 0 Å². The van der Waals surface area contributed by atoms with Crippen molar-refractivity contribution in [2.75, 3.05) is 0 Å². The topological polar surface area (TPSA) is 12.0 Å². The van der Waals surface area contributed by atoms with Gasteiger partial charge in [0.25, 0.3) is 0 Å². The van der Waals surface area contributed by atoms with Crippen molar-refractivity contribution in [3.05, 3.63) is 0 Å². The van der Waals surface area contributed by atoms with E-state index in [-0.39, 0.29) is 0 Å². The highest BCUT2D eigenvalue weighted by Gasteiger charge is 2.45. The molecule has 1 unspecified atom stereocenters. The lowest BCUT2D eigenvalue weighted by molar-refractivity contribution is 0.165. The molecule has 0 aromatic rings. The molecule has 2 aliphatic rings. The highest BCUT2D eigenvalue weighted by atomic mass is 15.0. The molecule has 0 bridgehead atoms. The fourth-order valence-electron chi connectivity index (χ4n) is 2.18. The number of rotatable bonds is 3. The van der Waals surface area contributed by atoms with Crippen LogP contribution in [0.15, 0.2) is 0 Å². The summed E-state index contributed by atoms with van der Waals surface area (Å²) in [5, 5.41) is 3.80. The Hall–Kier alpha value is -0.0400. The summed E-state index contributed by atoms with van der Waals surface area (Å²) in [5.41, 5.74) is 1.13. The lowest BCUT2D eigenvalue weighted by Gasteiger charge is -2.43. The zero-order chi connectivity index (χ0) is 8.82. The van der Waals surface area contributed by atoms with Crippen LogP contribution in [0.1, 0.15) is 52.9 Å². The highest BCUT2D eigenvalue weighted by Crippen LogP contribution is 2.49. The highest BCUT2D eigenvalue weighted by molar-refractivity contribution is 5.02. The van der Waals surface area contributed by atoms with Gasteiger partial charge in [0.15, 0.2) is 0 Å². The van der Waals surface area contributed by atoms with Crippen molar-refractivity contribution in [1.82, 2.24) is 5.32 Å². The summed E-state index contributed by atoms with van der Waals surface area (Å²) in [6.07, 6.45) is 7.04. The quantitative estimate of drug-likeness (QED) is 0.681. The van der Waals surface area contributed by atoms with Crippen LogP contribution in [0, 0.1) is 5.41 Å². The minimum Gasteiger partial charge on any atom is -0.309 e. The molecule has 2 rings (SSSR count). The van der Waals surface area contributed by atoms with Crippen LogP contribution >= 0.6 is 0 Å². The molecule has 2 saturated carbocycles. The molecule has 1 nitrogen and oxygen atoms in total. The second-order valence-corrected chi connectivity index (χ2v) is 5.43. The van der Waals surface area contributed by atoms with Crippen molar-refractivity contribution in [2.24, 2.45) is 5.41 Å². The normalized spacial score (nSPS) is 32.2. The van der Waals surface area contributed by atoms with Crippen LogP contribution in [0.2, 0.25) is 0 Å². The molecule has 0 heterocycles. The minimum atomic E-state index is 0.491. The van der Waals surface area contributed by atoms with Crippen LogP contribution in [0.3, 0.4) is 0 Å². The summed E-state index contributed by atoms with van der Waals surface area (Å²) in [6, 6.07) is 0.725. The van der Waals surface area contributed by atoms with Gasteiger partial charge >= 0.3 is 0 Å². The fourth-order valence-corrected chi connectivity index (χ4v) is 2.18. The van der Waals surface area contributed by atoms with Crippen molar-refractivity contribution >= 4 is 0 Å². The largest absolute Gasteiger partial charge is 0.309 e. The van der Waals surface area contributed by atoms with Gasteiger partial charge in [0.2, 0.25) is 0 Å². The summed E-state index contributed by atoms with van der Waals surface area (Å²) in [7, 11) is 0. The average molecular weight is 167 g/mol. The van der Waals surface area contributed by atoms with Gasteiger partial charge in [-0.2, -0.15) is 0 Å². The fraction of sp³-hybridized carbons (Fsp3) is 1.00. The standard InChI is InChI=1S/C11H21N/c1-9(10(2)7-8-10)12-11(3)5-4-6-11/h9,12H,4-8H2,1-3H3. The molecule has 0 aromatic carbocycles. The van der Waals surface area contributed by atoms with E-state index in [0.717, 1.165) is 6.04 Å². The second kappa shape index (κ2) is 2.47. The van der Waals surface area contributed by atoms with Crippen molar-refractivity contribution in [2.45, 2.75) is 64.5 Å². The molecule has 70 valence electrons. The molecule has 2 aliphatic carbocycles. The van der Waals surface area contributed by atoms with E-state index in [2.05, 4.69) is 26.1 Å². The molecule has 2 fully saturated rings. The molecule has 1 N–H and O–H groups in total. The first kappa shape index (κ1) is 8.55. The van der Waals surface area contributed by atoms with Crippen molar-refractivity contribution in [3.63, 3.8) is 0 Å². The van der Waals surface area contributed by atoms with E-state index in [9.17, 15) is 0 Å². The molecule has 0 aliphatic heterocycles. The monoisotopic (exact) mass is 167 g/mol. The van der Waals surface area contributed by atoms with E-state index in [0.29, 0.717) is 11.0 Å². The maximum atomic E-state index is 3.80. The summed E-state index contributed by atoms with van der Waals surface area (Å²) in [5.74, 6) is 0.